The van der Waals surface area contributed by atoms with E-state index in [2.05, 4.69) is 0 Å². The molecule has 0 amide bonds. The lowest BCUT2D eigenvalue weighted by Crippen LogP contribution is -2.54. The van der Waals surface area contributed by atoms with Crippen LogP contribution in [-0.4, -0.2) is 53.8 Å². The Kier molecular flexibility index (Phi) is 5.75. The zero-order valence-electron chi connectivity index (χ0n) is 16.6. The number of benzene rings is 2. The van der Waals surface area contributed by atoms with Crippen LogP contribution in [0.1, 0.15) is 11.1 Å². The van der Waals surface area contributed by atoms with Gasteiger partial charge in [0.25, 0.3) is 20.2 Å². The monoisotopic (exact) mass is 468 g/mol. The predicted molar refractivity (Wildman–Crippen MR) is 106 cm³/mol. The first kappa shape index (κ1) is 22.1. The van der Waals surface area contributed by atoms with Gasteiger partial charge in [-0.15, -0.1) is 0 Å². The first-order valence-corrected chi connectivity index (χ1v) is 12.2. The Balaban J connectivity index is 1.58. The average molecular weight is 469 g/mol. The second-order valence-electron chi connectivity index (χ2n) is 7.35. The molecule has 166 valence electrons. The van der Waals surface area contributed by atoms with E-state index in [0.29, 0.717) is 0 Å². The molecule has 0 N–H and O–H groups in total. The van der Waals surface area contributed by atoms with Gasteiger partial charge in [-0.25, -0.2) is 4.18 Å². The standard InChI is InChI=1S/C20H20O9S2/c1-12-3-7-14(8-4-12)30(22,23)28-18-16-11-26-20(27-16)19(17(18)21)29-31(24,25)15-9-5-13(2)6-10-15/h3-10,16,18-20H,11H2,1-2H3/t16-,18+,19+,20-/m1/s1. The number of rotatable bonds is 6. The molecule has 4 atom stereocenters. The minimum Gasteiger partial charge on any atom is -0.347 e. The van der Waals surface area contributed by atoms with E-state index in [1.165, 1.54) is 24.3 Å². The van der Waals surface area contributed by atoms with E-state index >= 15 is 0 Å². The van der Waals surface area contributed by atoms with E-state index in [9.17, 15) is 21.6 Å². The molecule has 0 saturated carbocycles. The Bertz CT molecular complexity index is 1090. The van der Waals surface area contributed by atoms with Crippen molar-refractivity contribution in [2.24, 2.45) is 0 Å². The molecule has 2 bridgehead atoms. The van der Waals surface area contributed by atoms with E-state index < -0.39 is 50.6 Å². The lowest BCUT2D eigenvalue weighted by atomic mass is 10.0. The smallest absolute Gasteiger partial charge is 0.297 e. The molecule has 2 aromatic rings. The second-order valence-corrected chi connectivity index (χ2v) is 10.5. The number of Topliss-reactive ketones (excluding diaryl/α,β-unsaturated/α-hetero) is 1. The third-order valence-electron chi connectivity index (χ3n) is 4.96. The molecule has 2 aromatic carbocycles. The highest BCUT2D eigenvalue weighted by molar-refractivity contribution is 7.87. The number of hydrogen-bond acceptors (Lipinski definition) is 9. The van der Waals surface area contributed by atoms with Gasteiger partial charge in [0.05, 0.1) is 16.4 Å². The van der Waals surface area contributed by atoms with Gasteiger partial charge >= 0.3 is 0 Å². The number of carbonyl (C=O) groups excluding carboxylic acids is 1. The summed E-state index contributed by atoms with van der Waals surface area (Å²) in [5, 5.41) is 0. The van der Waals surface area contributed by atoms with Crippen molar-refractivity contribution in [1.82, 2.24) is 0 Å². The minimum absolute atomic E-state index is 0.142. The number of hydrogen-bond donors (Lipinski definition) is 0. The zero-order chi connectivity index (χ0) is 22.4. The predicted octanol–water partition coefficient (Wildman–Crippen LogP) is 1.48. The van der Waals surface area contributed by atoms with Gasteiger partial charge in [-0.2, -0.15) is 16.8 Å². The Morgan fingerprint density at radius 1 is 0.774 bits per heavy atom. The van der Waals surface area contributed by atoms with Gasteiger partial charge < -0.3 is 9.47 Å². The van der Waals surface area contributed by atoms with Gasteiger partial charge in [-0.1, -0.05) is 35.4 Å². The summed E-state index contributed by atoms with van der Waals surface area (Å²) in [6.07, 6.45) is -5.59. The van der Waals surface area contributed by atoms with Crippen molar-refractivity contribution in [3.63, 3.8) is 0 Å². The number of carbonyl (C=O) groups is 1. The Labute approximate surface area is 180 Å². The third kappa shape index (κ3) is 4.43. The Morgan fingerprint density at radius 2 is 1.23 bits per heavy atom. The highest BCUT2D eigenvalue weighted by atomic mass is 32.2. The summed E-state index contributed by atoms with van der Waals surface area (Å²) in [6.45, 7) is 3.44. The van der Waals surface area contributed by atoms with Crippen LogP contribution in [-0.2, 0) is 42.9 Å². The van der Waals surface area contributed by atoms with Crippen molar-refractivity contribution < 1.29 is 39.5 Å². The van der Waals surface area contributed by atoms with Crippen molar-refractivity contribution in [3.8, 4) is 0 Å². The van der Waals surface area contributed by atoms with Crippen molar-refractivity contribution >= 4 is 26.0 Å². The average Bonchev–Trinajstić information content (AvgIpc) is 3.16. The van der Waals surface area contributed by atoms with Gasteiger partial charge in [-0.05, 0) is 38.1 Å². The Morgan fingerprint density at radius 3 is 1.71 bits per heavy atom. The fraction of sp³-hybridized carbons (Fsp3) is 0.350. The number of ketones is 1. The van der Waals surface area contributed by atoms with E-state index in [4.69, 9.17) is 17.8 Å². The van der Waals surface area contributed by atoms with Gasteiger partial charge in [-0.3, -0.25) is 8.98 Å². The van der Waals surface area contributed by atoms with Gasteiger partial charge in [0.2, 0.25) is 5.78 Å². The minimum atomic E-state index is -4.34. The lowest BCUT2D eigenvalue weighted by molar-refractivity contribution is -0.180. The fourth-order valence-electron chi connectivity index (χ4n) is 3.23. The maximum atomic E-state index is 13.0. The van der Waals surface area contributed by atoms with Crippen LogP contribution in [0, 0.1) is 13.8 Å². The number of fused-ring (bicyclic) bond motifs is 2. The normalized spacial score (nSPS) is 26.2. The summed E-state index contributed by atoms with van der Waals surface area (Å²) < 4.78 is 71.6. The highest BCUT2D eigenvalue weighted by Crippen LogP contribution is 2.33. The van der Waals surface area contributed by atoms with Gasteiger partial charge in [0, 0.05) is 0 Å². The summed E-state index contributed by atoms with van der Waals surface area (Å²) in [5.74, 6) is -0.884. The summed E-state index contributed by atoms with van der Waals surface area (Å²) in [5.41, 5.74) is 1.69. The van der Waals surface area contributed by atoms with Crippen LogP contribution in [0.25, 0.3) is 0 Å². The summed E-state index contributed by atoms with van der Waals surface area (Å²) in [6, 6.07) is 11.7. The van der Waals surface area contributed by atoms with Gasteiger partial charge in [0.15, 0.2) is 18.5 Å². The molecular weight excluding hydrogens is 448 g/mol. The molecule has 2 heterocycles. The van der Waals surface area contributed by atoms with Crippen LogP contribution in [0.3, 0.4) is 0 Å². The molecule has 0 aromatic heterocycles. The SMILES string of the molecule is Cc1ccc(S(=O)(=O)O[C@@H]2C(=O)[C@H](OS(=O)(=O)c3ccc(C)cc3)[C@@H]3OC[C@H]2O3)cc1. The maximum absolute atomic E-state index is 13.0. The Hall–Kier alpha value is -2.15. The molecular formula is C20H20O9S2. The first-order chi connectivity index (χ1) is 14.6. The topological polar surface area (TPSA) is 122 Å². The largest absolute Gasteiger partial charge is 0.347 e. The molecule has 2 aliphatic rings. The molecule has 0 unspecified atom stereocenters. The molecule has 2 aliphatic heterocycles. The van der Waals surface area contributed by atoms with Gasteiger partial charge in [0.1, 0.15) is 6.10 Å². The van der Waals surface area contributed by atoms with Crippen LogP contribution in [0.5, 0.6) is 0 Å². The molecule has 2 saturated heterocycles. The molecule has 0 spiro atoms. The first-order valence-electron chi connectivity index (χ1n) is 9.37. The van der Waals surface area contributed by atoms with Crippen molar-refractivity contribution in [2.75, 3.05) is 6.61 Å². The fourth-order valence-corrected chi connectivity index (χ4v) is 5.34. The van der Waals surface area contributed by atoms with Crippen molar-refractivity contribution in [2.45, 2.75) is 48.2 Å². The molecule has 31 heavy (non-hydrogen) atoms. The maximum Gasteiger partial charge on any atom is 0.297 e. The summed E-state index contributed by atoms with van der Waals surface area (Å²) in [4.78, 5) is 12.7. The molecule has 9 nitrogen and oxygen atoms in total. The summed E-state index contributed by atoms with van der Waals surface area (Å²) in [7, 11) is -8.66. The quantitative estimate of drug-likeness (QED) is 0.580. The molecule has 2 fully saturated rings. The molecule has 0 aliphatic carbocycles. The van der Waals surface area contributed by atoms with E-state index in [-0.39, 0.29) is 16.4 Å². The van der Waals surface area contributed by atoms with Crippen molar-refractivity contribution in [3.05, 3.63) is 59.7 Å². The number of aryl methyl sites for hydroxylation is 2. The summed E-state index contributed by atoms with van der Waals surface area (Å²) >= 11 is 0. The van der Waals surface area contributed by atoms with Crippen LogP contribution < -0.4 is 0 Å². The van der Waals surface area contributed by atoms with Crippen molar-refractivity contribution in [1.29, 1.82) is 0 Å². The third-order valence-corrected chi connectivity index (χ3v) is 7.58. The molecule has 4 rings (SSSR count). The highest BCUT2D eigenvalue weighted by Gasteiger charge is 2.54. The van der Waals surface area contributed by atoms with Crippen LogP contribution in [0.4, 0.5) is 0 Å². The van der Waals surface area contributed by atoms with E-state index in [1.54, 1.807) is 38.1 Å². The van der Waals surface area contributed by atoms with Crippen LogP contribution >= 0.6 is 0 Å². The van der Waals surface area contributed by atoms with Crippen LogP contribution in [0.2, 0.25) is 0 Å². The number of ether oxygens (including phenoxy) is 2. The lowest BCUT2D eigenvalue weighted by Gasteiger charge is -2.31. The molecule has 0 radical (unpaired) electrons. The molecule has 11 heteroatoms. The van der Waals surface area contributed by atoms with E-state index in [1.807, 2.05) is 0 Å². The van der Waals surface area contributed by atoms with Crippen LogP contribution in [0.15, 0.2) is 58.3 Å². The zero-order valence-corrected chi connectivity index (χ0v) is 18.3. The second kappa shape index (κ2) is 8.08. The van der Waals surface area contributed by atoms with E-state index in [0.717, 1.165) is 11.1 Å².